The van der Waals surface area contributed by atoms with Crippen molar-refractivity contribution in [2.45, 2.75) is 31.0 Å². The predicted molar refractivity (Wildman–Crippen MR) is 135 cm³/mol. The average Bonchev–Trinajstić information content (AvgIpc) is 2.86. The second kappa shape index (κ2) is 9.15. The highest BCUT2D eigenvalue weighted by Gasteiger charge is 2.69. The van der Waals surface area contributed by atoms with Gasteiger partial charge in [0, 0.05) is 18.0 Å². The van der Waals surface area contributed by atoms with Crippen LogP contribution in [0, 0.1) is 29.5 Å². The smallest absolute Gasteiger partial charge is 0.235 e. The van der Waals surface area contributed by atoms with Gasteiger partial charge in [0.1, 0.15) is 11.6 Å². The standard InChI is InChI=1S/C28H28FN3O7/c1-32(2)21-17-9-12-7-16-15(11-3-5-14(29)6-4-11)8-13(10-30)22(33)19(16)23(34)18(12)25(36)28(17,39)26(37)20(24(21)35)27(31)38/h3-6,8,12,17-18,20-21,33,39H,7,9-10,30H2,1-2H3,(H2,31,38)/t12-,17-,18?,20?,21-,28-/m1/s1. The molecule has 2 fully saturated rings. The number of phenolic OH excluding ortho intramolecular Hbond substituents is 1. The van der Waals surface area contributed by atoms with E-state index in [0.29, 0.717) is 16.7 Å². The molecule has 2 aromatic rings. The van der Waals surface area contributed by atoms with Crippen molar-refractivity contribution < 1.29 is 38.6 Å². The Morgan fingerprint density at radius 3 is 2.33 bits per heavy atom. The number of fused-ring (bicyclic) bond motifs is 3. The molecular formula is C28H28FN3O7. The zero-order valence-corrected chi connectivity index (χ0v) is 21.3. The van der Waals surface area contributed by atoms with E-state index in [1.54, 1.807) is 6.07 Å². The summed E-state index contributed by atoms with van der Waals surface area (Å²) in [5, 5.41) is 22.7. The second-order valence-corrected chi connectivity index (χ2v) is 10.8. The number of carbonyl (C=O) groups excluding carboxylic acids is 5. The molecular weight excluding hydrogens is 509 g/mol. The zero-order valence-electron chi connectivity index (χ0n) is 21.3. The Morgan fingerprint density at radius 2 is 1.77 bits per heavy atom. The Bertz CT molecular complexity index is 1450. The van der Waals surface area contributed by atoms with E-state index in [0.717, 1.165) is 0 Å². The summed E-state index contributed by atoms with van der Waals surface area (Å²) in [6, 6.07) is 5.98. The molecule has 0 radical (unpaired) electrons. The summed E-state index contributed by atoms with van der Waals surface area (Å²) in [5.74, 6) is -11.7. The summed E-state index contributed by atoms with van der Waals surface area (Å²) in [5.41, 5.74) is 9.95. The third kappa shape index (κ3) is 3.68. The topological polar surface area (TPSA) is 181 Å². The number of likely N-dealkylation sites (N-methyl/N-ethyl adjacent to an activating group) is 1. The molecule has 11 heteroatoms. The van der Waals surface area contributed by atoms with Crippen molar-refractivity contribution in [1.82, 2.24) is 4.90 Å². The molecule has 204 valence electrons. The van der Waals surface area contributed by atoms with Gasteiger partial charge in [-0.3, -0.25) is 28.9 Å². The SMILES string of the molecule is CN(C)[C@H]1C(=O)C(C(N)=O)C(=O)[C@]2(O)C(=O)C3C(=O)c4c(O)c(CN)cc(-c5ccc(F)cc5)c4C[C@@H]3C[C@H]12. The highest BCUT2D eigenvalue weighted by Crippen LogP contribution is 2.52. The van der Waals surface area contributed by atoms with E-state index >= 15 is 0 Å². The molecule has 2 saturated carbocycles. The molecule has 6 N–H and O–H groups in total. The number of aliphatic hydroxyl groups is 1. The number of nitrogens with two attached hydrogens (primary N) is 2. The molecule has 3 aliphatic carbocycles. The molecule has 0 aliphatic heterocycles. The number of phenols is 1. The molecule has 39 heavy (non-hydrogen) atoms. The van der Waals surface area contributed by atoms with E-state index in [-0.39, 0.29) is 30.5 Å². The van der Waals surface area contributed by atoms with E-state index in [4.69, 9.17) is 11.5 Å². The van der Waals surface area contributed by atoms with E-state index in [2.05, 4.69) is 0 Å². The molecule has 10 nitrogen and oxygen atoms in total. The maximum atomic E-state index is 13.9. The number of nitrogens with zero attached hydrogens (tertiary/aromatic N) is 1. The van der Waals surface area contributed by atoms with Gasteiger partial charge < -0.3 is 21.7 Å². The predicted octanol–water partition coefficient (Wildman–Crippen LogP) is 0.132. The largest absolute Gasteiger partial charge is 0.507 e. The maximum Gasteiger partial charge on any atom is 0.235 e. The molecule has 0 heterocycles. The first-order chi connectivity index (χ1) is 18.3. The Labute approximate surface area is 222 Å². The Morgan fingerprint density at radius 1 is 1.13 bits per heavy atom. The summed E-state index contributed by atoms with van der Waals surface area (Å²) >= 11 is 0. The molecule has 5 rings (SSSR count). The molecule has 1 amide bonds. The quantitative estimate of drug-likeness (QED) is 0.394. The van der Waals surface area contributed by atoms with Crippen LogP contribution in [-0.4, -0.2) is 69.9 Å². The zero-order chi connectivity index (χ0) is 28.5. The first-order valence-electron chi connectivity index (χ1n) is 12.5. The summed E-state index contributed by atoms with van der Waals surface area (Å²) < 4.78 is 13.7. The molecule has 6 atom stereocenters. The number of rotatable bonds is 4. The lowest BCUT2D eigenvalue weighted by Gasteiger charge is -2.52. The fourth-order valence-electron chi connectivity index (χ4n) is 6.77. The van der Waals surface area contributed by atoms with Crippen LogP contribution in [0.5, 0.6) is 5.75 Å². The van der Waals surface area contributed by atoms with Crippen LogP contribution in [0.4, 0.5) is 4.39 Å². The number of amides is 1. The number of hydrogen-bond donors (Lipinski definition) is 4. The molecule has 0 aromatic heterocycles. The molecule has 0 saturated heterocycles. The van der Waals surface area contributed by atoms with Gasteiger partial charge in [0.25, 0.3) is 0 Å². The molecule has 2 aromatic carbocycles. The minimum atomic E-state index is -2.79. The summed E-state index contributed by atoms with van der Waals surface area (Å²) in [6.45, 7) is -0.139. The van der Waals surface area contributed by atoms with Gasteiger partial charge in [-0.1, -0.05) is 12.1 Å². The van der Waals surface area contributed by atoms with Gasteiger partial charge >= 0.3 is 0 Å². The van der Waals surface area contributed by atoms with Crippen LogP contribution in [0.25, 0.3) is 11.1 Å². The van der Waals surface area contributed by atoms with Crippen molar-refractivity contribution in [3.05, 3.63) is 52.8 Å². The van der Waals surface area contributed by atoms with Gasteiger partial charge in [0.2, 0.25) is 5.91 Å². The number of aromatic hydroxyl groups is 1. The van der Waals surface area contributed by atoms with Gasteiger partial charge in [-0.05, 0) is 67.7 Å². The number of halogens is 1. The second-order valence-electron chi connectivity index (χ2n) is 10.8. The van der Waals surface area contributed by atoms with Crippen molar-refractivity contribution in [2.75, 3.05) is 14.1 Å². The third-order valence-corrected chi connectivity index (χ3v) is 8.52. The number of benzene rings is 2. The van der Waals surface area contributed by atoms with Crippen molar-refractivity contribution in [2.24, 2.45) is 35.1 Å². The van der Waals surface area contributed by atoms with Crippen LogP contribution in [0.2, 0.25) is 0 Å². The summed E-state index contributed by atoms with van der Waals surface area (Å²) in [7, 11) is 3.04. The Kier molecular flexibility index (Phi) is 6.28. The molecule has 0 bridgehead atoms. The Hall–Kier alpha value is -3.80. The van der Waals surface area contributed by atoms with Crippen LogP contribution in [0.1, 0.15) is 27.9 Å². The third-order valence-electron chi connectivity index (χ3n) is 8.52. The Balaban J connectivity index is 1.69. The maximum absolute atomic E-state index is 13.9. The van der Waals surface area contributed by atoms with Crippen LogP contribution >= 0.6 is 0 Å². The van der Waals surface area contributed by atoms with E-state index in [1.807, 2.05) is 0 Å². The van der Waals surface area contributed by atoms with Crippen molar-refractivity contribution in [3.8, 4) is 16.9 Å². The van der Waals surface area contributed by atoms with Crippen LogP contribution < -0.4 is 11.5 Å². The first kappa shape index (κ1) is 26.8. The molecule has 3 aliphatic rings. The highest BCUT2D eigenvalue weighted by atomic mass is 19.1. The highest BCUT2D eigenvalue weighted by molar-refractivity contribution is 6.32. The van der Waals surface area contributed by atoms with Crippen LogP contribution in [-0.2, 0) is 32.1 Å². The number of hydrogen-bond acceptors (Lipinski definition) is 9. The normalized spacial score (nSPS) is 30.2. The van der Waals surface area contributed by atoms with E-state index in [1.165, 1.54) is 43.3 Å². The van der Waals surface area contributed by atoms with Gasteiger partial charge in [-0.2, -0.15) is 0 Å². The fourth-order valence-corrected chi connectivity index (χ4v) is 6.77. The number of primary amides is 1. The lowest BCUT2D eigenvalue weighted by atomic mass is 9.52. The van der Waals surface area contributed by atoms with Gasteiger partial charge in [0.15, 0.2) is 34.7 Å². The summed E-state index contributed by atoms with van der Waals surface area (Å²) in [6.07, 6.45) is 0.0309. The molecule has 2 unspecified atom stereocenters. The fraction of sp³-hybridized carbons (Fsp3) is 0.393. The molecule has 0 spiro atoms. The lowest BCUT2D eigenvalue weighted by Crippen LogP contribution is -2.74. The lowest BCUT2D eigenvalue weighted by molar-refractivity contribution is -0.181. The minimum Gasteiger partial charge on any atom is -0.507 e. The van der Waals surface area contributed by atoms with Crippen LogP contribution in [0.3, 0.4) is 0 Å². The summed E-state index contributed by atoms with van der Waals surface area (Å²) in [4.78, 5) is 67.9. The van der Waals surface area contributed by atoms with Crippen molar-refractivity contribution in [1.29, 1.82) is 0 Å². The average molecular weight is 538 g/mol. The van der Waals surface area contributed by atoms with E-state index in [9.17, 15) is 38.6 Å². The monoisotopic (exact) mass is 537 g/mol. The first-order valence-corrected chi connectivity index (χ1v) is 12.5. The van der Waals surface area contributed by atoms with Crippen LogP contribution in [0.15, 0.2) is 30.3 Å². The van der Waals surface area contributed by atoms with Crippen molar-refractivity contribution >= 4 is 29.0 Å². The number of ketones is 4. The van der Waals surface area contributed by atoms with E-state index < -0.39 is 75.9 Å². The minimum absolute atomic E-state index is 0.0633. The number of Topliss-reactive ketones (excluding diaryl/α,β-unsaturated/α-hetero) is 4. The van der Waals surface area contributed by atoms with Crippen molar-refractivity contribution in [3.63, 3.8) is 0 Å². The van der Waals surface area contributed by atoms with Gasteiger partial charge in [-0.15, -0.1) is 0 Å². The van der Waals surface area contributed by atoms with Gasteiger partial charge in [0.05, 0.1) is 17.5 Å². The van der Waals surface area contributed by atoms with Gasteiger partial charge in [-0.25, -0.2) is 4.39 Å². The number of carbonyl (C=O) groups is 5.